The summed E-state index contributed by atoms with van der Waals surface area (Å²) >= 11 is 0. The van der Waals surface area contributed by atoms with Crippen molar-refractivity contribution >= 4 is 11.8 Å². The number of carbonyl (C=O) groups is 2. The second-order valence-electron chi connectivity index (χ2n) is 7.08. The average molecular weight is 360 g/mol. The average Bonchev–Trinajstić information content (AvgIpc) is 3.26. The number of carbonyl (C=O) groups excluding carboxylic acids is 2. The third-order valence-corrected chi connectivity index (χ3v) is 5.44. The van der Waals surface area contributed by atoms with Crippen LogP contribution in [0.15, 0.2) is 24.3 Å². The first-order valence-corrected chi connectivity index (χ1v) is 9.33. The van der Waals surface area contributed by atoms with Crippen LogP contribution in [0.3, 0.4) is 0 Å². The molecule has 2 saturated heterocycles. The van der Waals surface area contributed by atoms with Crippen LogP contribution in [0.2, 0.25) is 0 Å². The van der Waals surface area contributed by atoms with Gasteiger partial charge in [0.1, 0.15) is 5.75 Å². The lowest BCUT2D eigenvalue weighted by Crippen LogP contribution is -2.41. The fraction of sp³-hybridized carbons (Fsp3) is 0.600. The monoisotopic (exact) mass is 360 g/mol. The second-order valence-corrected chi connectivity index (χ2v) is 7.08. The first-order valence-electron chi connectivity index (χ1n) is 9.33. The van der Waals surface area contributed by atoms with Gasteiger partial charge in [0.15, 0.2) is 0 Å². The van der Waals surface area contributed by atoms with E-state index in [0.29, 0.717) is 26.1 Å². The molecule has 0 unspecified atom stereocenters. The van der Waals surface area contributed by atoms with Gasteiger partial charge in [-0.15, -0.1) is 0 Å². The van der Waals surface area contributed by atoms with Gasteiger partial charge in [0.05, 0.1) is 19.6 Å². The van der Waals surface area contributed by atoms with Crippen molar-refractivity contribution in [2.45, 2.75) is 31.7 Å². The van der Waals surface area contributed by atoms with Crippen LogP contribution in [-0.4, -0.2) is 68.1 Å². The fourth-order valence-electron chi connectivity index (χ4n) is 4.05. The lowest BCUT2D eigenvalue weighted by atomic mass is 10.0. The lowest BCUT2D eigenvalue weighted by molar-refractivity contribution is -0.136. The molecular formula is C20H28N2O4. The molecular weight excluding hydrogens is 332 g/mol. The number of methoxy groups -OCH3 is 2. The Morgan fingerprint density at radius 2 is 2.08 bits per heavy atom. The normalized spacial score (nSPS) is 22.9. The van der Waals surface area contributed by atoms with Crippen molar-refractivity contribution in [1.82, 2.24) is 9.80 Å². The molecule has 2 fully saturated rings. The van der Waals surface area contributed by atoms with Crippen molar-refractivity contribution in [1.29, 1.82) is 0 Å². The summed E-state index contributed by atoms with van der Waals surface area (Å²) in [6, 6.07) is 8.16. The van der Waals surface area contributed by atoms with Gasteiger partial charge in [-0.3, -0.25) is 9.59 Å². The van der Waals surface area contributed by atoms with Crippen LogP contribution in [-0.2, 0) is 20.7 Å². The molecule has 0 radical (unpaired) electrons. The summed E-state index contributed by atoms with van der Waals surface area (Å²) in [7, 11) is 3.30. The van der Waals surface area contributed by atoms with Crippen LogP contribution in [0.1, 0.15) is 24.8 Å². The Bertz CT molecular complexity index is 648. The molecule has 2 heterocycles. The van der Waals surface area contributed by atoms with Gasteiger partial charge in [-0.1, -0.05) is 18.2 Å². The predicted octanol–water partition coefficient (Wildman–Crippen LogP) is 1.72. The molecule has 0 aromatic heterocycles. The van der Waals surface area contributed by atoms with Gasteiger partial charge >= 0.3 is 0 Å². The van der Waals surface area contributed by atoms with E-state index in [-0.39, 0.29) is 23.8 Å². The number of benzene rings is 1. The van der Waals surface area contributed by atoms with Crippen molar-refractivity contribution in [3.8, 4) is 5.75 Å². The van der Waals surface area contributed by atoms with Gasteiger partial charge in [0, 0.05) is 39.2 Å². The van der Waals surface area contributed by atoms with Crippen LogP contribution in [0.4, 0.5) is 0 Å². The van der Waals surface area contributed by atoms with E-state index >= 15 is 0 Å². The summed E-state index contributed by atoms with van der Waals surface area (Å²) in [5.74, 6) is 0.822. The van der Waals surface area contributed by atoms with E-state index in [0.717, 1.165) is 37.1 Å². The van der Waals surface area contributed by atoms with Crippen LogP contribution in [0.25, 0.3) is 0 Å². The molecule has 3 rings (SSSR count). The van der Waals surface area contributed by atoms with Crippen molar-refractivity contribution in [2.75, 3.05) is 40.5 Å². The highest BCUT2D eigenvalue weighted by molar-refractivity contribution is 5.89. The van der Waals surface area contributed by atoms with Crippen molar-refractivity contribution < 1.29 is 19.1 Å². The minimum atomic E-state index is -0.224. The van der Waals surface area contributed by atoms with E-state index in [2.05, 4.69) is 6.07 Å². The highest BCUT2D eigenvalue weighted by Crippen LogP contribution is 2.29. The largest absolute Gasteiger partial charge is 0.496 e. The minimum absolute atomic E-state index is 0.0564. The topological polar surface area (TPSA) is 59.1 Å². The SMILES string of the molecule is COCCN1C[C@@H](C(=O)N2CCC[C@H]2Cc2ccccc2OC)CC1=O. The van der Waals surface area contributed by atoms with Crippen LogP contribution in [0, 0.1) is 5.92 Å². The quantitative estimate of drug-likeness (QED) is 0.743. The van der Waals surface area contributed by atoms with Gasteiger partial charge in [-0.25, -0.2) is 0 Å². The zero-order valence-electron chi connectivity index (χ0n) is 15.6. The smallest absolute Gasteiger partial charge is 0.228 e. The highest BCUT2D eigenvalue weighted by atomic mass is 16.5. The number of hydrogen-bond acceptors (Lipinski definition) is 4. The molecule has 26 heavy (non-hydrogen) atoms. The Labute approximate surface area is 155 Å². The van der Waals surface area contributed by atoms with E-state index in [4.69, 9.17) is 9.47 Å². The molecule has 2 aliphatic rings. The van der Waals surface area contributed by atoms with Gasteiger partial charge in [0.2, 0.25) is 11.8 Å². The first-order chi connectivity index (χ1) is 12.6. The highest BCUT2D eigenvalue weighted by Gasteiger charge is 2.39. The van der Waals surface area contributed by atoms with Crippen LogP contribution in [0.5, 0.6) is 5.75 Å². The van der Waals surface area contributed by atoms with Crippen LogP contribution >= 0.6 is 0 Å². The number of ether oxygens (including phenoxy) is 2. The van der Waals surface area contributed by atoms with Crippen molar-refractivity contribution in [3.05, 3.63) is 29.8 Å². The number of nitrogens with zero attached hydrogens (tertiary/aromatic N) is 2. The maximum atomic E-state index is 13.1. The summed E-state index contributed by atoms with van der Waals surface area (Å²) in [4.78, 5) is 28.9. The molecule has 6 nitrogen and oxygen atoms in total. The first kappa shape index (κ1) is 18.7. The zero-order chi connectivity index (χ0) is 18.5. The predicted molar refractivity (Wildman–Crippen MR) is 98.0 cm³/mol. The summed E-state index contributed by atoms with van der Waals surface area (Å²) < 4.78 is 10.5. The van der Waals surface area contributed by atoms with Gasteiger partial charge in [-0.05, 0) is 30.9 Å². The number of para-hydroxylation sites is 1. The maximum absolute atomic E-state index is 13.1. The molecule has 1 aromatic rings. The van der Waals surface area contributed by atoms with E-state index in [1.807, 2.05) is 23.1 Å². The molecule has 2 aliphatic heterocycles. The van der Waals surface area contributed by atoms with Crippen molar-refractivity contribution in [3.63, 3.8) is 0 Å². The molecule has 2 atom stereocenters. The molecule has 0 aliphatic carbocycles. The number of rotatable bonds is 7. The second kappa shape index (κ2) is 8.54. The fourth-order valence-corrected chi connectivity index (χ4v) is 4.05. The molecule has 0 spiro atoms. The third-order valence-electron chi connectivity index (χ3n) is 5.44. The summed E-state index contributed by atoms with van der Waals surface area (Å²) in [6.07, 6.45) is 3.13. The molecule has 6 heteroatoms. The standard InChI is InChI=1S/C20H28N2O4/c1-25-11-10-21-14-16(13-19(21)23)20(24)22-9-5-7-17(22)12-15-6-3-4-8-18(15)26-2/h3-4,6,8,16-17H,5,7,9-14H2,1-2H3/t16-,17-/m0/s1. The van der Waals surface area contributed by atoms with Gasteiger partial charge < -0.3 is 19.3 Å². The molecule has 2 amide bonds. The summed E-state index contributed by atoms with van der Waals surface area (Å²) in [6.45, 7) is 2.36. The van der Waals surface area contributed by atoms with E-state index in [1.165, 1.54) is 0 Å². The van der Waals surface area contributed by atoms with Gasteiger partial charge in [-0.2, -0.15) is 0 Å². The lowest BCUT2D eigenvalue weighted by Gasteiger charge is -2.28. The maximum Gasteiger partial charge on any atom is 0.228 e. The molecule has 0 saturated carbocycles. The van der Waals surface area contributed by atoms with Gasteiger partial charge in [0.25, 0.3) is 0 Å². The Morgan fingerprint density at radius 1 is 1.27 bits per heavy atom. The van der Waals surface area contributed by atoms with E-state index < -0.39 is 0 Å². The molecule has 0 N–H and O–H groups in total. The third kappa shape index (κ3) is 4.01. The number of likely N-dealkylation sites (tertiary alicyclic amines) is 2. The zero-order valence-corrected chi connectivity index (χ0v) is 15.6. The Morgan fingerprint density at radius 3 is 2.85 bits per heavy atom. The molecule has 0 bridgehead atoms. The Hall–Kier alpha value is -2.08. The van der Waals surface area contributed by atoms with E-state index in [1.54, 1.807) is 19.1 Å². The van der Waals surface area contributed by atoms with Crippen molar-refractivity contribution in [2.24, 2.45) is 5.92 Å². The minimum Gasteiger partial charge on any atom is -0.496 e. The molecule has 142 valence electrons. The Balaban J connectivity index is 1.64. The molecule has 1 aromatic carbocycles. The number of hydrogen-bond donors (Lipinski definition) is 0. The summed E-state index contributed by atoms with van der Waals surface area (Å²) in [5.41, 5.74) is 1.13. The Kier molecular flexibility index (Phi) is 6.14. The summed E-state index contributed by atoms with van der Waals surface area (Å²) in [5, 5.41) is 0. The number of amides is 2. The van der Waals surface area contributed by atoms with E-state index in [9.17, 15) is 9.59 Å². The van der Waals surface area contributed by atoms with Crippen LogP contribution < -0.4 is 4.74 Å².